The zero-order valence-corrected chi connectivity index (χ0v) is 14.9. The van der Waals surface area contributed by atoms with Crippen LogP contribution in [-0.2, 0) is 21.2 Å². The minimum atomic E-state index is -3.88. The first-order valence-corrected chi connectivity index (χ1v) is 9.40. The molecule has 3 N–H and O–H groups in total. The number of hydrogen-bond acceptors (Lipinski definition) is 4. The van der Waals surface area contributed by atoms with Crippen LogP contribution in [0.15, 0.2) is 65.6 Å². The first-order valence-electron chi connectivity index (χ1n) is 7.85. The number of benzene rings is 3. The SMILES string of the molecule is COc1ccc(S(N)(=O)=O)cc1NC(=O)Cc1ccc2ccccc2c1. The summed E-state index contributed by atoms with van der Waals surface area (Å²) in [4.78, 5) is 12.3. The number of methoxy groups -OCH3 is 1. The number of amides is 1. The minimum absolute atomic E-state index is 0.0979. The van der Waals surface area contributed by atoms with Crippen LogP contribution in [0.25, 0.3) is 10.8 Å². The van der Waals surface area contributed by atoms with Crippen molar-refractivity contribution in [2.45, 2.75) is 11.3 Å². The predicted octanol–water partition coefficient (Wildman–Crippen LogP) is 2.68. The fourth-order valence-electron chi connectivity index (χ4n) is 2.69. The van der Waals surface area contributed by atoms with Crippen LogP contribution >= 0.6 is 0 Å². The van der Waals surface area contributed by atoms with E-state index >= 15 is 0 Å². The van der Waals surface area contributed by atoms with Crippen LogP contribution in [0.4, 0.5) is 5.69 Å². The van der Waals surface area contributed by atoms with Gasteiger partial charge in [-0.2, -0.15) is 0 Å². The van der Waals surface area contributed by atoms with Gasteiger partial charge in [-0.05, 0) is 34.5 Å². The molecule has 3 rings (SSSR count). The van der Waals surface area contributed by atoms with E-state index in [9.17, 15) is 13.2 Å². The highest BCUT2D eigenvalue weighted by Gasteiger charge is 2.14. The van der Waals surface area contributed by atoms with Crippen molar-refractivity contribution < 1.29 is 17.9 Å². The molecule has 0 saturated heterocycles. The van der Waals surface area contributed by atoms with E-state index in [2.05, 4.69) is 5.32 Å². The summed E-state index contributed by atoms with van der Waals surface area (Å²) in [6.07, 6.45) is 0.146. The summed E-state index contributed by atoms with van der Waals surface area (Å²) in [7, 11) is -2.44. The molecule has 0 aliphatic rings. The summed E-state index contributed by atoms with van der Waals surface area (Å²) in [6.45, 7) is 0. The second kappa shape index (κ2) is 7.15. The highest BCUT2D eigenvalue weighted by molar-refractivity contribution is 7.89. The number of primary sulfonamides is 1. The van der Waals surface area contributed by atoms with Crippen molar-refractivity contribution >= 4 is 32.4 Å². The second-order valence-electron chi connectivity index (χ2n) is 5.81. The summed E-state index contributed by atoms with van der Waals surface area (Å²) in [6, 6.07) is 17.7. The summed E-state index contributed by atoms with van der Waals surface area (Å²) >= 11 is 0. The van der Waals surface area contributed by atoms with Crippen LogP contribution in [0.5, 0.6) is 5.75 Å². The Labute approximate surface area is 151 Å². The molecule has 0 spiro atoms. The Kier molecular flexibility index (Phi) is 4.92. The lowest BCUT2D eigenvalue weighted by molar-refractivity contribution is -0.115. The predicted molar refractivity (Wildman–Crippen MR) is 101 cm³/mol. The molecule has 26 heavy (non-hydrogen) atoms. The van der Waals surface area contributed by atoms with Crippen LogP contribution in [-0.4, -0.2) is 21.4 Å². The van der Waals surface area contributed by atoms with E-state index in [0.29, 0.717) is 5.75 Å². The Balaban J connectivity index is 1.82. The summed E-state index contributed by atoms with van der Waals surface area (Å²) in [5.74, 6) is 0.0643. The number of hydrogen-bond donors (Lipinski definition) is 2. The Hall–Kier alpha value is -2.90. The Bertz CT molecular complexity index is 1080. The number of nitrogens with two attached hydrogens (primary N) is 1. The molecule has 0 aromatic heterocycles. The van der Waals surface area contributed by atoms with E-state index in [-0.39, 0.29) is 22.9 Å². The number of ether oxygens (including phenoxy) is 1. The molecule has 3 aromatic carbocycles. The summed E-state index contributed by atoms with van der Waals surface area (Å²) < 4.78 is 28.2. The number of sulfonamides is 1. The normalized spacial score (nSPS) is 11.3. The van der Waals surface area contributed by atoms with E-state index in [0.717, 1.165) is 16.3 Å². The molecular formula is C19H18N2O4S. The fraction of sp³-hybridized carbons (Fsp3) is 0.105. The third-order valence-corrected chi connectivity index (χ3v) is 4.86. The molecule has 0 atom stereocenters. The van der Waals surface area contributed by atoms with E-state index in [1.807, 2.05) is 42.5 Å². The van der Waals surface area contributed by atoms with E-state index in [4.69, 9.17) is 9.88 Å². The van der Waals surface area contributed by atoms with Gasteiger partial charge in [-0.25, -0.2) is 13.6 Å². The lowest BCUT2D eigenvalue weighted by atomic mass is 10.0. The maximum Gasteiger partial charge on any atom is 0.238 e. The largest absolute Gasteiger partial charge is 0.495 e. The van der Waals surface area contributed by atoms with Gasteiger partial charge in [0.2, 0.25) is 15.9 Å². The second-order valence-corrected chi connectivity index (χ2v) is 7.37. The smallest absolute Gasteiger partial charge is 0.238 e. The Morgan fingerprint density at radius 1 is 1.04 bits per heavy atom. The quantitative estimate of drug-likeness (QED) is 0.721. The molecule has 6 nitrogen and oxygen atoms in total. The van der Waals surface area contributed by atoms with Crippen molar-refractivity contribution in [3.8, 4) is 5.75 Å². The molecule has 0 aliphatic carbocycles. The van der Waals surface area contributed by atoms with Crippen molar-refractivity contribution in [3.05, 3.63) is 66.2 Å². The summed E-state index contributed by atoms with van der Waals surface area (Å²) in [5, 5.41) is 9.97. The van der Waals surface area contributed by atoms with Crippen LogP contribution in [0.1, 0.15) is 5.56 Å². The number of anilines is 1. The van der Waals surface area contributed by atoms with E-state index in [1.165, 1.54) is 25.3 Å². The summed E-state index contributed by atoms with van der Waals surface area (Å²) in [5.41, 5.74) is 1.10. The molecule has 0 heterocycles. The van der Waals surface area contributed by atoms with Gasteiger partial charge in [-0.15, -0.1) is 0 Å². The number of carbonyl (C=O) groups excluding carboxylic acids is 1. The van der Waals surface area contributed by atoms with Crippen LogP contribution in [0, 0.1) is 0 Å². The minimum Gasteiger partial charge on any atom is -0.495 e. The lowest BCUT2D eigenvalue weighted by Crippen LogP contribution is -2.17. The van der Waals surface area contributed by atoms with Crippen LogP contribution < -0.4 is 15.2 Å². The number of fused-ring (bicyclic) bond motifs is 1. The molecule has 1 amide bonds. The third-order valence-electron chi connectivity index (χ3n) is 3.95. The van der Waals surface area contributed by atoms with Gasteiger partial charge >= 0.3 is 0 Å². The zero-order chi connectivity index (χ0) is 18.7. The molecule has 7 heteroatoms. The van der Waals surface area contributed by atoms with Crippen LogP contribution in [0.3, 0.4) is 0 Å². The third kappa shape index (κ3) is 4.01. The standard InChI is InChI=1S/C19H18N2O4S/c1-25-18-9-8-16(26(20,23)24)12-17(18)21-19(22)11-13-6-7-14-4-2-3-5-15(14)10-13/h2-10,12H,11H2,1H3,(H,21,22)(H2,20,23,24). The van der Waals surface area contributed by atoms with Crippen molar-refractivity contribution in [1.82, 2.24) is 0 Å². The molecule has 0 aliphatic heterocycles. The maximum atomic E-state index is 12.4. The first kappa shape index (κ1) is 17.9. The molecule has 134 valence electrons. The van der Waals surface area contributed by atoms with Crippen molar-refractivity contribution in [1.29, 1.82) is 0 Å². The average Bonchev–Trinajstić information content (AvgIpc) is 2.60. The molecular weight excluding hydrogens is 352 g/mol. The van der Waals surface area contributed by atoms with Gasteiger partial charge in [0.05, 0.1) is 24.1 Å². The van der Waals surface area contributed by atoms with E-state index < -0.39 is 10.0 Å². The molecule has 0 radical (unpaired) electrons. The molecule has 0 saturated carbocycles. The number of rotatable bonds is 5. The average molecular weight is 370 g/mol. The molecule has 0 bridgehead atoms. The van der Waals surface area contributed by atoms with Gasteiger partial charge in [0.1, 0.15) is 5.75 Å². The van der Waals surface area contributed by atoms with Crippen LogP contribution in [0.2, 0.25) is 0 Å². The van der Waals surface area contributed by atoms with Gasteiger partial charge in [-0.3, -0.25) is 4.79 Å². The molecule has 3 aromatic rings. The first-order chi connectivity index (χ1) is 12.4. The number of carbonyl (C=O) groups is 1. The van der Waals surface area contributed by atoms with Gasteiger partial charge in [0.15, 0.2) is 0 Å². The maximum absolute atomic E-state index is 12.4. The highest BCUT2D eigenvalue weighted by atomic mass is 32.2. The van der Waals surface area contributed by atoms with Crippen molar-refractivity contribution in [3.63, 3.8) is 0 Å². The van der Waals surface area contributed by atoms with Gasteiger partial charge in [0, 0.05) is 0 Å². The van der Waals surface area contributed by atoms with Gasteiger partial charge in [-0.1, -0.05) is 42.5 Å². The van der Waals surface area contributed by atoms with Crippen molar-refractivity contribution in [2.24, 2.45) is 5.14 Å². The fourth-order valence-corrected chi connectivity index (χ4v) is 3.23. The molecule has 0 fully saturated rings. The monoisotopic (exact) mass is 370 g/mol. The topological polar surface area (TPSA) is 98.5 Å². The lowest BCUT2D eigenvalue weighted by Gasteiger charge is -2.12. The highest BCUT2D eigenvalue weighted by Crippen LogP contribution is 2.27. The van der Waals surface area contributed by atoms with Gasteiger partial charge in [0.25, 0.3) is 0 Å². The molecule has 0 unspecified atom stereocenters. The Morgan fingerprint density at radius 3 is 2.46 bits per heavy atom. The van der Waals surface area contributed by atoms with Crippen molar-refractivity contribution in [2.75, 3.05) is 12.4 Å². The number of nitrogens with one attached hydrogen (secondary N) is 1. The van der Waals surface area contributed by atoms with E-state index in [1.54, 1.807) is 0 Å². The Morgan fingerprint density at radius 2 is 1.77 bits per heavy atom. The zero-order valence-electron chi connectivity index (χ0n) is 14.1. The van der Waals surface area contributed by atoms with Gasteiger partial charge < -0.3 is 10.1 Å².